The summed E-state index contributed by atoms with van der Waals surface area (Å²) < 4.78 is 37.5. The number of aliphatic hydroxyl groups excluding tert-OH is 2. The zero-order valence-corrected chi connectivity index (χ0v) is 10.1. The second-order valence-corrected chi connectivity index (χ2v) is 3.98. The third-order valence-electron chi connectivity index (χ3n) is 2.60. The molecule has 2 atom stereocenters. The minimum absolute atomic E-state index is 0.0294. The van der Waals surface area contributed by atoms with Gasteiger partial charge in [0.15, 0.2) is 0 Å². The van der Waals surface area contributed by atoms with E-state index in [1.165, 1.54) is 0 Å². The van der Waals surface area contributed by atoms with Crippen LogP contribution in [0.25, 0.3) is 0 Å². The Labute approximate surface area is 108 Å². The van der Waals surface area contributed by atoms with Crippen LogP contribution in [0.4, 0.5) is 13.2 Å². The first-order valence-corrected chi connectivity index (χ1v) is 5.43. The quantitative estimate of drug-likeness (QED) is 0.771. The van der Waals surface area contributed by atoms with Gasteiger partial charge in [-0.2, -0.15) is 18.4 Å². The Bertz CT molecular complexity index is 483. The lowest BCUT2D eigenvalue weighted by atomic mass is 9.97. The first-order valence-electron chi connectivity index (χ1n) is 5.43. The van der Waals surface area contributed by atoms with Gasteiger partial charge >= 0.3 is 6.18 Å². The maximum absolute atomic E-state index is 12.5. The van der Waals surface area contributed by atoms with Gasteiger partial charge in [0.1, 0.15) is 6.10 Å². The standard InChI is InChI=1S/C12H13F3N2O2/c1-17-6-10(18)11(19)9-3-2-8(12(13,14)15)4-7(9)5-16/h2-4,10-11,17-19H,6H2,1H3. The van der Waals surface area contributed by atoms with Crippen molar-refractivity contribution in [1.82, 2.24) is 5.32 Å². The highest BCUT2D eigenvalue weighted by Crippen LogP contribution is 2.32. The molecule has 0 saturated heterocycles. The molecule has 0 aliphatic rings. The molecule has 19 heavy (non-hydrogen) atoms. The van der Waals surface area contributed by atoms with E-state index in [4.69, 9.17) is 5.26 Å². The van der Waals surface area contributed by atoms with Crippen LogP contribution in [0.3, 0.4) is 0 Å². The Hall–Kier alpha value is -1.62. The van der Waals surface area contributed by atoms with Crippen molar-refractivity contribution in [2.75, 3.05) is 13.6 Å². The number of nitrogens with one attached hydrogen (secondary N) is 1. The molecule has 0 heterocycles. The number of halogens is 3. The molecule has 0 bridgehead atoms. The number of hydrogen-bond donors (Lipinski definition) is 3. The van der Waals surface area contributed by atoms with Gasteiger partial charge < -0.3 is 15.5 Å². The van der Waals surface area contributed by atoms with E-state index >= 15 is 0 Å². The van der Waals surface area contributed by atoms with Gasteiger partial charge in [0.05, 0.1) is 23.3 Å². The number of likely N-dealkylation sites (N-methyl/N-ethyl adjacent to an activating group) is 1. The molecule has 0 radical (unpaired) electrons. The number of alkyl halides is 3. The molecule has 104 valence electrons. The Balaban J connectivity index is 3.13. The lowest BCUT2D eigenvalue weighted by molar-refractivity contribution is -0.137. The van der Waals surface area contributed by atoms with Crippen LogP contribution in [-0.2, 0) is 6.18 Å². The Morgan fingerprint density at radius 3 is 2.47 bits per heavy atom. The van der Waals surface area contributed by atoms with Crippen molar-refractivity contribution in [3.63, 3.8) is 0 Å². The summed E-state index contributed by atoms with van der Waals surface area (Å²) in [4.78, 5) is 0. The van der Waals surface area contributed by atoms with Crippen LogP contribution >= 0.6 is 0 Å². The summed E-state index contributed by atoms with van der Waals surface area (Å²) in [5.74, 6) is 0. The minimum Gasteiger partial charge on any atom is -0.389 e. The zero-order chi connectivity index (χ0) is 14.6. The molecule has 0 aliphatic carbocycles. The van der Waals surface area contributed by atoms with Crippen LogP contribution < -0.4 is 5.32 Å². The van der Waals surface area contributed by atoms with Gasteiger partial charge in [-0.3, -0.25) is 0 Å². The molecule has 3 N–H and O–H groups in total. The monoisotopic (exact) mass is 274 g/mol. The fourth-order valence-corrected chi connectivity index (χ4v) is 1.62. The van der Waals surface area contributed by atoms with E-state index in [2.05, 4.69) is 5.32 Å². The van der Waals surface area contributed by atoms with E-state index in [9.17, 15) is 23.4 Å². The van der Waals surface area contributed by atoms with Crippen molar-refractivity contribution < 1.29 is 23.4 Å². The largest absolute Gasteiger partial charge is 0.416 e. The first-order chi connectivity index (χ1) is 8.81. The topological polar surface area (TPSA) is 76.3 Å². The normalized spacial score (nSPS) is 14.8. The molecule has 1 rings (SSSR count). The lowest BCUT2D eigenvalue weighted by Gasteiger charge is -2.19. The number of nitriles is 1. The van der Waals surface area contributed by atoms with Crippen molar-refractivity contribution >= 4 is 0 Å². The molecule has 0 spiro atoms. The van der Waals surface area contributed by atoms with Crippen molar-refractivity contribution in [1.29, 1.82) is 5.26 Å². The molecular weight excluding hydrogens is 261 g/mol. The van der Waals surface area contributed by atoms with Gasteiger partial charge in [-0.1, -0.05) is 6.07 Å². The van der Waals surface area contributed by atoms with Crippen LogP contribution in [0.15, 0.2) is 18.2 Å². The van der Waals surface area contributed by atoms with Crippen LogP contribution in [0.2, 0.25) is 0 Å². The second kappa shape index (κ2) is 6.02. The van der Waals surface area contributed by atoms with Crippen LogP contribution in [0, 0.1) is 11.3 Å². The van der Waals surface area contributed by atoms with E-state index in [0.29, 0.717) is 6.07 Å². The molecule has 1 aromatic carbocycles. The molecule has 0 amide bonds. The summed E-state index contributed by atoms with van der Waals surface area (Å²) in [6.07, 6.45) is -7.20. The summed E-state index contributed by atoms with van der Waals surface area (Å²) >= 11 is 0. The number of nitrogens with zero attached hydrogens (tertiary/aromatic N) is 1. The van der Waals surface area contributed by atoms with Crippen molar-refractivity contribution in [2.45, 2.75) is 18.4 Å². The summed E-state index contributed by atoms with van der Waals surface area (Å²) in [7, 11) is 1.55. The Kier molecular flexibility index (Phi) is 4.89. The minimum atomic E-state index is -4.56. The fraction of sp³-hybridized carbons (Fsp3) is 0.417. The van der Waals surface area contributed by atoms with Gasteiger partial charge in [0.25, 0.3) is 0 Å². The van der Waals surface area contributed by atoms with E-state index in [1.807, 2.05) is 0 Å². The van der Waals surface area contributed by atoms with Crippen LogP contribution in [0.1, 0.15) is 22.8 Å². The highest BCUT2D eigenvalue weighted by atomic mass is 19.4. The molecule has 0 fully saturated rings. The molecule has 0 saturated carbocycles. The highest BCUT2D eigenvalue weighted by molar-refractivity contribution is 5.43. The molecule has 2 unspecified atom stereocenters. The summed E-state index contributed by atoms with van der Waals surface area (Å²) in [6.45, 7) is 0.0487. The van der Waals surface area contributed by atoms with Gasteiger partial charge in [-0.25, -0.2) is 0 Å². The molecule has 0 aliphatic heterocycles. The lowest BCUT2D eigenvalue weighted by Crippen LogP contribution is -2.30. The molecule has 4 nitrogen and oxygen atoms in total. The average molecular weight is 274 g/mol. The predicted molar refractivity (Wildman–Crippen MR) is 61.1 cm³/mol. The number of hydrogen-bond acceptors (Lipinski definition) is 4. The smallest absolute Gasteiger partial charge is 0.389 e. The molecular formula is C12H13F3N2O2. The average Bonchev–Trinajstić information content (AvgIpc) is 2.36. The van der Waals surface area contributed by atoms with Gasteiger partial charge in [-0.05, 0) is 19.2 Å². The van der Waals surface area contributed by atoms with E-state index < -0.39 is 23.9 Å². The maximum Gasteiger partial charge on any atom is 0.416 e. The Morgan fingerprint density at radius 1 is 1.37 bits per heavy atom. The van der Waals surface area contributed by atoms with Crippen molar-refractivity contribution in [3.05, 3.63) is 34.9 Å². The van der Waals surface area contributed by atoms with Gasteiger partial charge in [-0.15, -0.1) is 0 Å². The summed E-state index contributed by atoms with van der Waals surface area (Å²) in [5, 5.41) is 30.8. The Morgan fingerprint density at radius 2 is 2.00 bits per heavy atom. The van der Waals surface area contributed by atoms with Gasteiger partial charge in [0.2, 0.25) is 0 Å². The van der Waals surface area contributed by atoms with Crippen LogP contribution in [0.5, 0.6) is 0 Å². The van der Waals surface area contributed by atoms with Crippen LogP contribution in [-0.4, -0.2) is 29.9 Å². The van der Waals surface area contributed by atoms with Gasteiger partial charge in [0, 0.05) is 12.1 Å². The zero-order valence-electron chi connectivity index (χ0n) is 10.1. The number of rotatable bonds is 4. The second-order valence-electron chi connectivity index (χ2n) is 3.98. The number of aliphatic hydroxyl groups is 2. The molecule has 7 heteroatoms. The van der Waals surface area contributed by atoms with E-state index in [0.717, 1.165) is 12.1 Å². The predicted octanol–water partition coefficient (Wildman–Crippen LogP) is 1.19. The number of benzene rings is 1. The third kappa shape index (κ3) is 3.67. The summed E-state index contributed by atoms with van der Waals surface area (Å²) in [5.41, 5.74) is -1.31. The third-order valence-corrected chi connectivity index (χ3v) is 2.60. The molecule has 1 aromatic rings. The summed E-state index contributed by atoms with van der Waals surface area (Å²) in [6, 6.07) is 4.03. The van der Waals surface area contributed by atoms with Crippen molar-refractivity contribution in [2.24, 2.45) is 0 Å². The fourth-order valence-electron chi connectivity index (χ4n) is 1.62. The highest BCUT2D eigenvalue weighted by Gasteiger charge is 2.32. The van der Waals surface area contributed by atoms with E-state index in [-0.39, 0.29) is 17.7 Å². The first kappa shape index (κ1) is 15.4. The maximum atomic E-state index is 12.5. The van der Waals surface area contributed by atoms with E-state index in [1.54, 1.807) is 13.1 Å². The van der Waals surface area contributed by atoms with Crippen molar-refractivity contribution in [3.8, 4) is 6.07 Å². The molecule has 0 aromatic heterocycles. The SMILES string of the molecule is CNCC(O)C(O)c1ccc(C(F)(F)F)cc1C#N.